The minimum absolute atomic E-state index is 0.106. The number of methoxy groups -OCH3 is 1. The molecule has 5 nitrogen and oxygen atoms in total. The number of benzene rings is 1. The Hall–Kier alpha value is -1.59. The number of carbonyl (C=O) groups excluding carboxylic acids is 1. The smallest absolute Gasteiger partial charge is 0.223 e. The average molecular weight is 360 g/mol. The largest absolute Gasteiger partial charge is 0.494 e. The van der Waals surface area contributed by atoms with Crippen molar-refractivity contribution >= 4 is 5.91 Å². The summed E-state index contributed by atoms with van der Waals surface area (Å²) in [5.74, 6) is 1.48. The van der Waals surface area contributed by atoms with Gasteiger partial charge in [-0.1, -0.05) is 18.2 Å². The van der Waals surface area contributed by atoms with Crippen LogP contribution in [-0.2, 0) is 16.1 Å². The standard InChI is InChI=1S/C21H32N2O3/c1-3-26-19-7-5-4-6-18(19)16-23-13-10-21(11-14-23,12-15-25-2)22-20(24)17-8-9-17/h4-7,17H,3,8-16H2,1-2H3,(H,22,24). The summed E-state index contributed by atoms with van der Waals surface area (Å²) in [6.45, 7) is 6.25. The zero-order valence-electron chi connectivity index (χ0n) is 16.1. The highest BCUT2D eigenvalue weighted by Crippen LogP contribution is 2.33. The second-order valence-corrected chi connectivity index (χ2v) is 7.60. The van der Waals surface area contributed by atoms with Crippen molar-refractivity contribution in [2.45, 2.75) is 51.1 Å². The number of carbonyl (C=O) groups is 1. The van der Waals surface area contributed by atoms with Crippen LogP contribution in [0.3, 0.4) is 0 Å². The normalized spacial score (nSPS) is 19.9. The third kappa shape index (κ3) is 4.98. The molecule has 0 bridgehead atoms. The van der Waals surface area contributed by atoms with Gasteiger partial charge in [-0.2, -0.15) is 0 Å². The maximum atomic E-state index is 12.3. The first-order chi connectivity index (χ1) is 12.7. The molecule has 1 aliphatic carbocycles. The molecule has 1 N–H and O–H groups in total. The number of hydrogen-bond donors (Lipinski definition) is 1. The van der Waals surface area contributed by atoms with Gasteiger partial charge in [-0.3, -0.25) is 9.69 Å². The monoisotopic (exact) mass is 360 g/mol. The van der Waals surface area contributed by atoms with Gasteiger partial charge in [0, 0.05) is 50.4 Å². The van der Waals surface area contributed by atoms with Crippen LogP contribution in [0.1, 0.15) is 44.6 Å². The van der Waals surface area contributed by atoms with E-state index in [0.717, 1.165) is 57.5 Å². The third-order valence-corrected chi connectivity index (χ3v) is 5.60. The first kappa shape index (κ1) is 19.2. The van der Waals surface area contributed by atoms with Crippen LogP contribution in [0.5, 0.6) is 5.75 Å². The molecule has 0 aromatic heterocycles. The fraction of sp³-hybridized carbons (Fsp3) is 0.667. The molecule has 1 aliphatic heterocycles. The van der Waals surface area contributed by atoms with Gasteiger partial charge in [0.1, 0.15) is 5.75 Å². The predicted molar refractivity (Wildman–Crippen MR) is 102 cm³/mol. The van der Waals surface area contributed by atoms with Crippen LogP contribution in [0.2, 0.25) is 0 Å². The van der Waals surface area contributed by atoms with Crippen LogP contribution in [0.25, 0.3) is 0 Å². The van der Waals surface area contributed by atoms with Gasteiger partial charge < -0.3 is 14.8 Å². The number of rotatable bonds is 9. The molecule has 1 amide bonds. The van der Waals surface area contributed by atoms with Crippen molar-refractivity contribution in [1.29, 1.82) is 0 Å². The molecular weight excluding hydrogens is 328 g/mol. The molecule has 1 heterocycles. The summed E-state index contributed by atoms with van der Waals surface area (Å²) < 4.78 is 11.1. The van der Waals surface area contributed by atoms with Crippen molar-refractivity contribution in [3.63, 3.8) is 0 Å². The molecule has 5 heteroatoms. The Morgan fingerprint density at radius 1 is 1.27 bits per heavy atom. The molecule has 2 aliphatic rings. The number of likely N-dealkylation sites (tertiary alicyclic amines) is 1. The number of amides is 1. The fourth-order valence-corrected chi connectivity index (χ4v) is 3.75. The van der Waals surface area contributed by atoms with Gasteiger partial charge in [0.2, 0.25) is 5.91 Å². The van der Waals surface area contributed by atoms with Gasteiger partial charge in [-0.15, -0.1) is 0 Å². The molecule has 0 atom stereocenters. The van der Waals surface area contributed by atoms with Crippen LogP contribution in [0.4, 0.5) is 0 Å². The number of para-hydroxylation sites is 1. The van der Waals surface area contributed by atoms with E-state index in [4.69, 9.17) is 9.47 Å². The fourth-order valence-electron chi connectivity index (χ4n) is 3.75. The lowest BCUT2D eigenvalue weighted by atomic mass is 9.84. The third-order valence-electron chi connectivity index (χ3n) is 5.60. The lowest BCUT2D eigenvalue weighted by Gasteiger charge is -2.42. The van der Waals surface area contributed by atoms with E-state index < -0.39 is 0 Å². The van der Waals surface area contributed by atoms with Gasteiger partial charge in [-0.25, -0.2) is 0 Å². The molecule has 1 aromatic rings. The highest BCUT2D eigenvalue weighted by molar-refractivity contribution is 5.81. The van der Waals surface area contributed by atoms with E-state index in [-0.39, 0.29) is 17.4 Å². The first-order valence-electron chi connectivity index (χ1n) is 9.90. The van der Waals surface area contributed by atoms with Gasteiger partial charge in [0.15, 0.2) is 0 Å². The molecule has 0 radical (unpaired) electrons. The Kier molecular flexibility index (Phi) is 6.54. The second kappa shape index (κ2) is 8.87. The Balaban J connectivity index is 1.59. The zero-order valence-corrected chi connectivity index (χ0v) is 16.1. The number of nitrogens with zero attached hydrogens (tertiary/aromatic N) is 1. The lowest BCUT2D eigenvalue weighted by molar-refractivity contribution is -0.125. The lowest BCUT2D eigenvalue weighted by Crippen LogP contribution is -2.56. The number of hydrogen-bond acceptors (Lipinski definition) is 4. The zero-order chi connectivity index (χ0) is 18.4. The SMILES string of the molecule is CCOc1ccccc1CN1CCC(CCOC)(NC(=O)C2CC2)CC1. The summed E-state index contributed by atoms with van der Waals surface area (Å²) in [5.41, 5.74) is 1.13. The summed E-state index contributed by atoms with van der Waals surface area (Å²) in [5, 5.41) is 3.37. The van der Waals surface area contributed by atoms with Gasteiger partial charge in [-0.05, 0) is 45.1 Å². The highest BCUT2D eigenvalue weighted by atomic mass is 16.5. The molecule has 0 spiro atoms. The summed E-state index contributed by atoms with van der Waals surface area (Å²) >= 11 is 0. The summed E-state index contributed by atoms with van der Waals surface area (Å²) in [7, 11) is 1.73. The van der Waals surface area contributed by atoms with Crippen LogP contribution >= 0.6 is 0 Å². The van der Waals surface area contributed by atoms with Crippen molar-refractivity contribution in [2.24, 2.45) is 5.92 Å². The second-order valence-electron chi connectivity index (χ2n) is 7.60. The van der Waals surface area contributed by atoms with Crippen molar-refractivity contribution in [1.82, 2.24) is 10.2 Å². The summed E-state index contributed by atoms with van der Waals surface area (Å²) in [4.78, 5) is 14.8. The number of nitrogens with one attached hydrogen (secondary N) is 1. The topological polar surface area (TPSA) is 50.8 Å². The van der Waals surface area contributed by atoms with Crippen LogP contribution in [0, 0.1) is 5.92 Å². The van der Waals surface area contributed by atoms with Crippen molar-refractivity contribution in [3.05, 3.63) is 29.8 Å². The van der Waals surface area contributed by atoms with Gasteiger partial charge >= 0.3 is 0 Å². The highest BCUT2D eigenvalue weighted by Gasteiger charge is 2.39. The molecule has 0 unspecified atom stereocenters. The molecule has 1 saturated carbocycles. The molecule has 144 valence electrons. The van der Waals surface area contributed by atoms with Gasteiger partial charge in [0.25, 0.3) is 0 Å². The van der Waals surface area contributed by atoms with E-state index in [1.165, 1.54) is 5.56 Å². The van der Waals surface area contributed by atoms with E-state index >= 15 is 0 Å². The quantitative estimate of drug-likeness (QED) is 0.736. The Bertz CT molecular complexity index is 593. The van der Waals surface area contributed by atoms with Crippen LogP contribution < -0.4 is 10.1 Å². The van der Waals surface area contributed by atoms with E-state index in [9.17, 15) is 4.79 Å². The Morgan fingerprint density at radius 2 is 2.00 bits per heavy atom. The molecule has 2 fully saturated rings. The maximum absolute atomic E-state index is 12.3. The van der Waals surface area contributed by atoms with Crippen molar-refractivity contribution < 1.29 is 14.3 Å². The maximum Gasteiger partial charge on any atom is 0.223 e. The van der Waals surface area contributed by atoms with E-state index in [2.05, 4.69) is 22.3 Å². The van der Waals surface area contributed by atoms with Crippen molar-refractivity contribution in [3.8, 4) is 5.75 Å². The van der Waals surface area contributed by atoms with E-state index in [1.807, 2.05) is 19.1 Å². The molecule has 1 aromatic carbocycles. The molecule has 26 heavy (non-hydrogen) atoms. The average Bonchev–Trinajstić information content (AvgIpc) is 3.49. The summed E-state index contributed by atoms with van der Waals surface area (Å²) in [6.07, 6.45) is 4.95. The summed E-state index contributed by atoms with van der Waals surface area (Å²) in [6, 6.07) is 8.28. The number of piperidine rings is 1. The molecule has 3 rings (SSSR count). The minimum Gasteiger partial charge on any atom is -0.494 e. The van der Waals surface area contributed by atoms with E-state index in [1.54, 1.807) is 7.11 Å². The minimum atomic E-state index is -0.106. The Labute approximate surface area is 157 Å². The van der Waals surface area contributed by atoms with Gasteiger partial charge in [0.05, 0.1) is 6.61 Å². The van der Waals surface area contributed by atoms with E-state index in [0.29, 0.717) is 13.2 Å². The first-order valence-corrected chi connectivity index (χ1v) is 9.90. The van der Waals surface area contributed by atoms with Crippen LogP contribution in [-0.4, -0.2) is 49.8 Å². The predicted octanol–water partition coefficient (Wildman–Crippen LogP) is 2.98. The van der Waals surface area contributed by atoms with Crippen LogP contribution in [0.15, 0.2) is 24.3 Å². The van der Waals surface area contributed by atoms with Crippen molar-refractivity contribution in [2.75, 3.05) is 33.4 Å². The molecule has 1 saturated heterocycles. The Morgan fingerprint density at radius 3 is 2.65 bits per heavy atom. The molecular formula is C21H32N2O3. The number of ether oxygens (including phenoxy) is 2.